The average Bonchev–Trinajstić information content (AvgIpc) is 2.67. The minimum Gasteiger partial charge on any atom is -0.396 e. The minimum absolute atomic E-state index is 0.0295. The van der Waals surface area contributed by atoms with Gasteiger partial charge in [-0.15, -0.1) is 0 Å². The summed E-state index contributed by atoms with van der Waals surface area (Å²) in [5.74, 6) is 1.23. The van der Waals surface area contributed by atoms with Crippen molar-refractivity contribution in [3.05, 3.63) is 0 Å². The van der Waals surface area contributed by atoms with Crippen LogP contribution in [0.25, 0.3) is 0 Å². The van der Waals surface area contributed by atoms with Crippen LogP contribution in [0.2, 0.25) is 0 Å². The summed E-state index contributed by atoms with van der Waals surface area (Å²) in [4.78, 5) is 2.49. The van der Waals surface area contributed by atoms with Gasteiger partial charge in [0, 0.05) is 42.7 Å². The fraction of sp³-hybridized carbons (Fsp3) is 1.00. The van der Waals surface area contributed by atoms with Crippen molar-refractivity contribution in [2.45, 2.75) is 18.6 Å². The first-order valence-corrected chi connectivity index (χ1v) is 6.82. The van der Waals surface area contributed by atoms with Crippen molar-refractivity contribution >= 4 is 11.8 Å². The van der Waals surface area contributed by atoms with E-state index in [2.05, 4.69) is 23.6 Å². The van der Waals surface area contributed by atoms with E-state index >= 15 is 0 Å². The maximum Gasteiger partial charge on any atom is 0.0557 e. The van der Waals surface area contributed by atoms with Gasteiger partial charge in [-0.3, -0.25) is 0 Å². The van der Waals surface area contributed by atoms with Crippen LogP contribution in [0.1, 0.15) is 13.3 Å². The smallest absolute Gasteiger partial charge is 0.0557 e. The second-order valence-corrected chi connectivity index (χ2v) is 6.42. The van der Waals surface area contributed by atoms with Gasteiger partial charge >= 0.3 is 0 Å². The molecule has 4 heteroatoms. The fourth-order valence-electron chi connectivity index (χ4n) is 2.46. The summed E-state index contributed by atoms with van der Waals surface area (Å²) in [6, 6.07) is 0. The van der Waals surface area contributed by atoms with Gasteiger partial charge < -0.3 is 14.7 Å². The lowest BCUT2D eigenvalue weighted by atomic mass is 9.87. The van der Waals surface area contributed by atoms with Gasteiger partial charge in [-0.25, -0.2) is 0 Å². The highest BCUT2D eigenvalue weighted by Gasteiger charge is 2.36. The Morgan fingerprint density at radius 3 is 3.07 bits per heavy atom. The zero-order valence-electron chi connectivity index (χ0n) is 9.45. The predicted molar refractivity (Wildman–Crippen MR) is 63.3 cm³/mol. The summed E-state index contributed by atoms with van der Waals surface area (Å²) in [7, 11) is 0. The topological polar surface area (TPSA) is 32.7 Å². The van der Waals surface area contributed by atoms with Crippen molar-refractivity contribution in [1.29, 1.82) is 0 Å². The van der Waals surface area contributed by atoms with Crippen LogP contribution in [0.5, 0.6) is 0 Å². The third-order valence-corrected chi connectivity index (χ3v) is 4.54. The Morgan fingerprint density at radius 2 is 2.47 bits per heavy atom. The number of aliphatic hydroxyl groups excluding tert-OH is 1. The molecule has 0 saturated carbocycles. The van der Waals surface area contributed by atoms with Crippen LogP contribution in [0.4, 0.5) is 0 Å². The molecule has 0 amide bonds. The third-order valence-electron chi connectivity index (χ3n) is 3.40. The van der Waals surface area contributed by atoms with Crippen LogP contribution in [-0.2, 0) is 4.74 Å². The number of hydrogen-bond donors (Lipinski definition) is 1. The lowest BCUT2D eigenvalue weighted by molar-refractivity contribution is 0.0581. The van der Waals surface area contributed by atoms with Crippen LogP contribution in [0.15, 0.2) is 0 Å². The predicted octanol–water partition coefficient (Wildman–Crippen LogP) is 0.823. The molecule has 2 atom stereocenters. The first kappa shape index (κ1) is 11.7. The molecular formula is C11H21NO2S. The normalized spacial score (nSPS) is 38.4. The lowest BCUT2D eigenvalue weighted by Gasteiger charge is -2.36. The number of hydrogen-bond acceptors (Lipinski definition) is 4. The molecule has 2 unspecified atom stereocenters. The zero-order chi connectivity index (χ0) is 10.7. The standard InChI is InChI=1S/C11H21NO2S/c1-10-6-12(3-5-15-10)7-11(8-13)2-4-14-9-11/h10,13H,2-9H2,1H3. The van der Waals surface area contributed by atoms with E-state index in [1.165, 1.54) is 5.75 Å². The maximum absolute atomic E-state index is 9.50. The van der Waals surface area contributed by atoms with E-state index in [4.69, 9.17) is 4.74 Å². The molecule has 0 aromatic heterocycles. The summed E-state index contributed by atoms with van der Waals surface area (Å²) in [6.45, 7) is 7.44. The van der Waals surface area contributed by atoms with Gasteiger partial charge in [0.05, 0.1) is 13.2 Å². The van der Waals surface area contributed by atoms with Gasteiger partial charge in [0.25, 0.3) is 0 Å². The van der Waals surface area contributed by atoms with Gasteiger partial charge in [0.15, 0.2) is 0 Å². The minimum atomic E-state index is 0.0295. The summed E-state index contributed by atoms with van der Waals surface area (Å²) in [6.07, 6.45) is 1.02. The van der Waals surface area contributed by atoms with Crippen molar-refractivity contribution in [3.63, 3.8) is 0 Å². The first-order valence-electron chi connectivity index (χ1n) is 5.77. The van der Waals surface area contributed by atoms with E-state index < -0.39 is 0 Å². The van der Waals surface area contributed by atoms with Gasteiger partial charge in [-0.05, 0) is 6.42 Å². The molecule has 1 N–H and O–H groups in total. The molecule has 0 aromatic carbocycles. The number of ether oxygens (including phenoxy) is 1. The van der Waals surface area contributed by atoms with E-state index in [1.807, 2.05) is 0 Å². The van der Waals surface area contributed by atoms with Crippen molar-refractivity contribution in [2.24, 2.45) is 5.41 Å². The molecule has 15 heavy (non-hydrogen) atoms. The quantitative estimate of drug-likeness (QED) is 0.779. The molecule has 2 rings (SSSR count). The van der Waals surface area contributed by atoms with Crippen LogP contribution >= 0.6 is 11.8 Å². The van der Waals surface area contributed by atoms with Crippen LogP contribution < -0.4 is 0 Å². The monoisotopic (exact) mass is 231 g/mol. The molecule has 2 aliphatic rings. The van der Waals surface area contributed by atoms with Crippen LogP contribution in [0.3, 0.4) is 0 Å². The fourth-order valence-corrected chi connectivity index (χ4v) is 3.54. The molecule has 0 radical (unpaired) electrons. The average molecular weight is 231 g/mol. The second kappa shape index (κ2) is 5.04. The first-order chi connectivity index (χ1) is 7.24. The van der Waals surface area contributed by atoms with Gasteiger partial charge in [0.1, 0.15) is 0 Å². The van der Waals surface area contributed by atoms with E-state index in [9.17, 15) is 5.11 Å². The van der Waals surface area contributed by atoms with E-state index in [1.54, 1.807) is 0 Å². The van der Waals surface area contributed by atoms with E-state index in [-0.39, 0.29) is 12.0 Å². The Hall–Kier alpha value is 0.230. The molecule has 0 aromatic rings. The molecule has 0 aliphatic carbocycles. The number of rotatable bonds is 3. The summed E-state index contributed by atoms with van der Waals surface area (Å²) < 4.78 is 5.43. The Balaban J connectivity index is 1.88. The molecule has 2 aliphatic heterocycles. The number of aliphatic hydroxyl groups is 1. The van der Waals surface area contributed by atoms with Crippen LogP contribution in [0, 0.1) is 5.41 Å². The molecule has 88 valence electrons. The highest BCUT2D eigenvalue weighted by molar-refractivity contribution is 7.99. The summed E-state index contributed by atoms with van der Waals surface area (Å²) in [5.41, 5.74) is 0.0295. The molecule has 2 saturated heterocycles. The van der Waals surface area contributed by atoms with Gasteiger partial charge in [-0.1, -0.05) is 6.92 Å². The van der Waals surface area contributed by atoms with Gasteiger partial charge in [-0.2, -0.15) is 11.8 Å². The number of thioether (sulfide) groups is 1. The van der Waals surface area contributed by atoms with Crippen molar-refractivity contribution in [1.82, 2.24) is 4.90 Å². The summed E-state index contributed by atoms with van der Waals surface area (Å²) in [5, 5.41) is 10.2. The van der Waals surface area contributed by atoms with E-state index in [0.717, 1.165) is 44.5 Å². The molecule has 3 nitrogen and oxygen atoms in total. The van der Waals surface area contributed by atoms with Gasteiger partial charge in [0.2, 0.25) is 0 Å². The highest BCUT2D eigenvalue weighted by atomic mass is 32.2. The largest absolute Gasteiger partial charge is 0.396 e. The summed E-state index contributed by atoms with van der Waals surface area (Å²) >= 11 is 2.05. The lowest BCUT2D eigenvalue weighted by Crippen LogP contribution is -2.45. The third kappa shape index (κ3) is 2.87. The number of nitrogens with zero attached hydrogens (tertiary/aromatic N) is 1. The highest BCUT2D eigenvalue weighted by Crippen LogP contribution is 2.30. The van der Waals surface area contributed by atoms with E-state index in [0.29, 0.717) is 0 Å². The molecular weight excluding hydrogens is 210 g/mol. The maximum atomic E-state index is 9.50. The SMILES string of the molecule is CC1CN(CC2(CO)CCOC2)CCS1. The Kier molecular flexibility index (Phi) is 3.93. The molecule has 0 bridgehead atoms. The Bertz CT molecular complexity index is 207. The van der Waals surface area contributed by atoms with Crippen molar-refractivity contribution in [2.75, 3.05) is 45.2 Å². The Labute approximate surface area is 96.2 Å². The molecule has 2 fully saturated rings. The zero-order valence-corrected chi connectivity index (χ0v) is 10.3. The van der Waals surface area contributed by atoms with Crippen molar-refractivity contribution in [3.8, 4) is 0 Å². The Morgan fingerprint density at radius 1 is 1.60 bits per heavy atom. The van der Waals surface area contributed by atoms with Crippen molar-refractivity contribution < 1.29 is 9.84 Å². The second-order valence-electron chi connectivity index (χ2n) is 4.88. The molecule has 0 spiro atoms. The van der Waals surface area contributed by atoms with Crippen LogP contribution in [-0.4, -0.2) is 60.5 Å². The molecule has 2 heterocycles.